The summed E-state index contributed by atoms with van der Waals surface area (Å²) < 4.78 is 0. The van der Waals surface area contributed by atoms with E-state index in [1.165, 1.54) is 11.1 Å². The van der Waals surface area contributed by atoms with E-state index in [0.29, 0.717) is 0 Å². The molecule has 2 nitrogen and oxygen atoms in total. The molecule has 0 unspecified atom stereocenters. The van der Waals surface area contributed by atoms with Crippen molar-refractivity contribution in [2.24, 2.45) is 0 Å². The number of hydrogen-bond acceptors (Lipinski definition) is 2. The van der Waals surface area contributed by atoms with Crippen molar-refractivity contribution in [1.29, 1.82) is 0 Å². The first kappa shape index (κ1) is 13.2. The molecule has 0 spiro atoms. The Morgan fingerprint density at radius 2 is 1.69 bits per heavy atom. The van der Waals surface area contributed by atoms with E-state index >= 15 is 0 Å². The molecule has 0 atom stereocenters. The van der Waals surface area contributed by atoms with Crippen molar-refractivity contribution in [1.82, 2.24) is 10.6 Å². The van der Waals surface area contributed by atoms with E-state index in [2.05, 4.69) is 62.6 Å². The third-order valence-electron chi connectivity index (χ3n) is 2.39. The van der Waals surface area contributed by atoms with Gasteiger partial charge in [-0.15, -0.1) is 0 Å². The van der Waals surface area contributed by atoms with Gasteiger partial charge in [0, 0.05) is 18.6 Å². The maximum Gasteiger partial charge on any atom is 0.0210 e. The largest absolute Gasteiger partial charge is 0.313 e. The minimum Gasteiger partial charge on any atom is -0.313 e. The second-order valence-electron chi connectivity index (χ2n) is 5.20. The fraction of sp³-hybridized carbons (Fsp3) is 0.571. The summed E-state index contributed by atoms with van der Waals surface area (Å²) in [6, 6.07) is 8.74. The smallest absolute Gasteiger partial charge is 0.0210 e. The average Bonchev–Trinajstić information content (AvgIpc) is 2.23. The Kier molecular flexibility index (Phi) is 4.97. The normalized spacial score (nSPS) is 11.8. The van der Waals surface area contributed by atoms with E-state index in [1.807, 2.05) is 0 Å². The first-order valence-electron chi connectivity index (χ1n) is 6.05. The molecular formula is C14H24N2. The summed E-state index contributed by atoms with van der Waals surface area (Å²) in [5, 5.41) is 6.84. The topological polar surface area (TPSA) is 24.1 Å². The number of hydrogen-bond donors (Lipinski definition) is 2. The summed E-state index contributed by atoms with van der Waals surface area (Å²) >= 11 is 0. The summed E-state index contributed by atoms with van der Waals surface area (Å²) in [7, 11) is 0. The molecule has 2 heteroatoms. The molecule has 0 heterocycles. The van der Waals surface area contributed by atoms with Crippen LogP contribution in [0, 0.1) is 0 Å². The molecule has 0 aromatic heterocycles. The maximum atomic E-state index is 3.50. The van der Waals surface area contributed by atoms with Crippen LogP contribution in [-0.2, 0) is 13.1 Å². The van der Waals surface area contributed by atoms with Gasteiger partial charge in [-0.3, -0.25) is 0 Å². The zero-order chi connectivity index (χ0) is 12.0. The van der Waals surface area contributed by atoms with Crippen LogP contribution in [0.15, 0.2) is 24.3 Å². The molecule has 1 aromatic rings. The monoisotopic (exact) mass is 220 g/mol. The van der Waals surface area contributed by atoms with Crippen LogP contribution in [0.2, 0.25) is 0 Å². The molecule has 0 aliphatic carbocycles. The van der Waals surface area contributed by atoms with Crippen LogP contribution in [0.1, 0.15) is 38.8 Å². The van der Waals surface area contributed by atoms with Crippen molar-refractivity contribution in [2.45, 2.75) is 46.3 Å². The van der Waals surface area contributed by atoms with Gasteiger partial charge >= 0.3 is 0 Å². The second kappa shape index (κ2) is 6.02. The maximum absolute atomic E-state index is 3.50. The van der Waals surface area contributed by atoms with Crippen LogP contribution in [0.25, 0.3) is 0 Å². The average molecular weight is 220 g/mol. The molecule has 1 aromatic carbocycles. The van der Waals surface area contributed by atoms with Crippen molar-refractivity contribution >= 4 is 0 Å². The van der Waals surface area contributed by atoms with Gasteiger partial charge in [-0.05, 0) is 38.4 Å². The lowest BCUT2D eigenvalue weighted by atomic mass is 10.1. The predicted molar refractivity (Wildman–Crippen MR) is 70.4 cm³/mol. The lowest BCUT2D eigenvalue weighted by Gasteiger charge is -2.20. The van der Waals surface area contributed by atoms with Gasteiger partial charge in [0.15, 0.2) is 0 Å². The highest BCUT2D eigenvalue weighted by Gasteiger charge is 2.08. The zero-order valence-corrected chi connectivity index (χ0v) is 10.9. The molecule has 0 saturated carbocycles. The van der Waals surface area contributed by atoms with E-state index in [0.717, 1.165) is 19.6 Å². The molecule has 0 amide bonds. The van der Waals surface area contributed by atoms with Crippen LogP contribution in [0.5, 0.6) is 0 Å². The summed E-state index contributed by atoms with van der Waals surface area (Å²) in [5.74, 6) is 0. The molecular weight excluding hydrogens is 196 g/mol. The molecule has 1 rings (SSSR count). The van der Waals surface area contributed by atoms with Crippen molar-refractivity contribution < 1.29 is 0 Å². The van der Waals surface area contributed by atoms with Gasteiger partial charge in [-0.25, -0.2) is 0 Å². The van der Waals surface area contributed by atoms with E-state index in [4.69, 9.17) is 0 Å². The number of rotatable bonds is 5. The van der Waals surface area contributed by atoms with Crippen LogP contribution < -0.4 is 10.6 Å². The first-order valence-corrected chi connectivity index (χ1v) is 6.05. The zero-order valence-electron chi connectivity index (χ0n) is 10.9. The number of nitrogens with one attached hydrogen (secondary N) is 2. The van der Waals surface area contributed by atoms with Gasteiger partial charge in [0.05, 0.1) is 0 Å². The third kappa shape index (κ3) is 5.29. The Morgan fingerprint density at radius 1 is 1.06 bits per heavy atom. The van der Waals surface area contributed by atoms with Crippen LogP contribution in [0.3, 0.4) is 0 Å². The number of benzene rings is 1. The minimum atomic E-state index is 0.178. The quantitative estimate of drug-likeness (QED) is 0.797. The van der Waals surface area contributed by atoms with Gasteiger partial charge < -0.3 is 10.6 Å². The van der Waals surface area contributed by atoms with Crippen LogP contribution in [0.4, 0.5) is 0 Å². The van der Waals surface area contributed by atoms with E-state index in [-0.39, 0.29) is 5.54 Å². The lowest BCUT2D eigenvalue weighted by Crippen LogP contribution is -2.35. The Morgan fingerprint density at radius 3 is 2.25 bits per heavy atom. The molecule has 90 valence electrons. The van der Waals surface area contributed by atoms with E-state index < -0.39 is 0 Å². The van der Waals surface area contributed by atoms with Crippen LogP contribution >= 0.6 is 0 Å². The van der Waals surface area contributed by atoms with Crippen molar-refractivity contribution in [3.05, 3.63) is 35.4 Å². The minimum absolute atomic E-state index is 0.178. The summed E-state index contributed by atoms with van der Waals surface area (Å²) in [4.78, 5) is 0. The molecule has 2 N–H and O–H groups in total. The Hall–Kier alpha value is -0.860. The van der Waals surface area contributed by atoms with Crippen molar-refractivity contribution in [3.8, 4) is 0 Å². The van der Waals surface area contributed by atoms with Crippen molar-refractivity contribution in [2.75, 3.05) is 6.54 Å². The molecule has 0 bridgehead atoms. The van der Waals surface area contributed by atoms with Gasteiger partial charge in [-0.1, -0.05) is 31.2 Å². The van der Waals surface area contributed by atoms with Gasteiger partial charge in [-0.2, -0.15) is 0 Å². The van der Waals surface area contributed by atoms with E-state index in [1.54, 1.807) is 0 Å². The molecule has 0 aliphatic rings. The van der Waals surface area contributed by atoms with Gasteiger partial charge in [0.25, 0.3) is 0 Å². The summed E-state index contributed by atoms with van der Waals surface area (Å²) in [5.41, 5.74) is 2.89. The lowest BCUT2D eigenvalue weighted by molar-refractivity contribution is 0.424. The Labute approximate surface area is 99.5 Å². The van der Waals surface area contributed by atoms with Crippen molar-refractivity contribution in [3.63, 3.8) is 0 Å². The molecule has 0 radical (unpaired) electrons. The molecule has 0 saturated heterocycles. The predicted octanol–water partition coefficient (Wildman–Crippen LogP) is 2.68. The molecule has 0 aliphatic heterocycles. The third-order valence-corrected chi connectivity index (χ3v) is 2.39. The Balaban J connectivity index is 2.53. The fourth-order valence-corrected chi connectivity index (χ4v) is 1.49. The highest BCUT2D eigenvalue weighted by molar-refractivity contribution is 5.23. The fourth-order valence-electron chi connectivity index (χ4n) is 1.49. The standard InChI is InChI=1S/C14H24N2/c1-5-15-10-12-7-6-8-13(9-12)11-16-14(2,3)4/h6-9,15-16H,5,10-11H2,1-4H3. The van der Waals surface area contributed by atoms with Gasteiger partial charge in [0.1, 0.15) is 0 Å². The second-order valence-corrected chi connectivity index (χ2v) is 5.20. The SMILES string of the molecule is CCNCc1cccc(CNC(C)(C)C)c1. The molecule has 0 fully saturated rings. The summed E-state index contributed by atoms with van der Waals surface area (Å²) in [6.45, 7) is 11.6. The highest BCUT2D eigenvalue weighted by atomic mass is 14.9. The molecule has 16 heavy (non-hydrogen) atoms. The summed E-state index contributed by atoms with van der Waals surface area (Å²) in [6.07, 6.45) is 0. The first-order chi connectivity index (χ1) is 7.51. The van der Waals surface area contributed by atoms with Gasteiger partial charge in [0.2, 0.25) is 0 Å². The van der Waals surface area contributed by atoms with Crippen LogP contribution in [-0.4, -0.2) is 12.1 Å². The highest BCUT2D eigenvalue weighted by Crippen LogP contribution is 2.07. The Bertz CT molecular complexity index is 313. The van der Waals surface area contributed by atoms with E-state index in [9.17, 15) is 0 Å².